The lowest BCUT2D eigenvalue weighted by Gasteiger charge is -2.31. The van der Waals surface area contributed by atoms with E-state index >= 15 is 0 Å². The van der Waals surface area contributed by atoms with E-state index < -0.39 is 41.2 Å². The minimum absolute atomic E-state index is 0.183. The maximum absolute atomic E-state index is 13.5. The molecule has 2 heterocycles. The standard InChI is InChI=1S/C26H28F3N3O4/c1-36-18-8-4-7-17(15-18)16-30-23(33)21-11-5-13-31(21)25(35)22-12-6-14-32(22)24(34)19-9-2-3-10-20(19)26(27,28)29/h2-4,7-10,15,21-22H,5-6,11-14,16H2,1H3,(H,30,33)/t21-,22-/m1/s1. The molecule has 0 unspecified atom stereocenters. The summed E-state index contributed by atoms with van der Waals surface area (Å²) >= 11 is 0. The van der Waals surface area contributed by atoms with E-state index in [0.29, 0.717) is 38.0 Å². The second-order valence-electron chi connectivity index (χ2n) is 8.96. The summed E-state index contributed by atoms with van der Waals surface area (Å²) in [5, 5.41) is 2.86. The second kappa shape index (κ2) is 10.6. The fourth-order valence-electron chi connectivity index (χ4n) is 4.92. The minimum Gasteiger partial charge on any atom is -0.497 e. The fraction of sp³-hybridized carbons (Fsp3) is 0.423. The first kappa shape index (κ1) is 25.5. The Morgan fingerprint density at radius 1 is 0.972 bits per heavy atom. The molecule has 2 fully saturated rings. The van der Waals surface area contributed by atoms with Crippen molar-refractivity contribution in [3.63, 3.8) is 0 Å². The third kappa shape index (κ3) is 5.32. The van der Waals surface area contributed by atoms with E-state index in [4.69, 9.17) is 4.74 Å². The average Bonchev–Trinajstić information content (AvgIpc) is 3.56. The number of alkyl halides is 3. The van der Waals surface area contributed by atoms with Crippen LogP contribution in [0.5, 0.6) is 5.75 Å². The van der Waals surface area contributed by atoms with E-state index in [2.05, 4.69) is 5.32 Å². The predicted molar refractivity (Wildman–Crippen MR) is 125 cm³/mol. The molecule has 2 aromatic carbocycles. The van der Waals surface area contributed by atoms with Crippen molar-refractivity contribution in [2.45, 2.75) is 50.5 Å². The van der Waals surface area contributed by atoms with Crippen molar-refractivity contribution in [2.75, 3.05) is 20.2 Å². The Labute approximate surface area is 207 Å². The van der Waals surface area contributed by atoms with Crippen LogP contribution >= 0.6 is 0 Å². The summed E-state index contributed by atoms with van der Waals surface area (Å²) in [7, 11) is 1.55. The SMILES string of the molecule is COc1cccc(CNC(=O)[C@H]2CCCN2C(=O)[C@H]2CCCN2C(=O)c2ccccc2C(F)(F)F)c1. The van der Waals surface area contributed by atoms with Crippen LogP contribution in [-0.4, -0.2) is 59.8 Å². The van der Waals surface area contributed by atoms with Gasteiger partial charge in [0.05, 0.1) is 18.2 Å². The molecule has 0 radical (unpaired) electrons. The summed E-state index contributed by atoms with van der Waals surface area (Å²) in [6.07, 6.45) is -2.75. The highest BCUT2D eigenvalue weighted by Crippen LogP contribution is 2.34. The smallest absolute Gasteiger partial charge is 0.417 e. The van der Waals surface area contributed by atoms with Gasteiger partial charge in [-0.15, -0.1) is 0 Å². The van der Waals surface area contributed by atoms with E-state index in [-0.39, 0.29) is 19.0 Å². The molecule has 2 aromatic rings. The van der Waals surface area contributed by atoms with E-state index in [1.54, 1.807) is 19.2 Å². The Balaban J connectivity index is 1.46. The zero-order chi connectivity index (χ0) is 25.9. The van der Waals surface area contributed by atoms with Crippen LogP contribution in [0.15, 0.2) is 48.5 Å². The predicted octanol–water partition coefficient (Wildman–Crippen LogP) is 3.63. The van der Waals surface area contributed by atoms with Crippen LogP contribution in [0, 0.1) is 0 Å². The molecule has 0 aromatic heterocycles. The number of rotatable bonds is 6. The van der Waals surface area contributed by atoms with Crippen LogP contribution in [0.4, 0.5) is 13.2 Å². The Morgan fingerprint density at radius 3 is 2.39 bits per heavy atom. The Morgan fingerprint density at radius 2 is 1.67 bits per heavy atom. The van der Waals surface area contributed by atoms with Gasteiger partial charge in [-0.1, -0.05) is 24.3 Å². The first-order valence-electron chi connectivity index (χ1n) is 11.9. The molecule has 2 aliphatic heterocycles. The summed E-state index contributed by atoms with van der Waals surface area (Å²) < 4.78 is 45.6. The van der Waals surface area contributed by atoms with Crippen molar-refractivity contribution in [1.82, 2.24) is 15.1 Å². The zero-order valence-corrected chi connectivity index (χ0v) is 19.9. The fourth-order valence-corrected chi connectivity index (χ4v) is 4.92. The number of methoxy groups -OCH3 is 1. The number of hydrogen-bond donors (Lipinski definition) is 1. The van der Waals surface area contributed by atoms with E-state index in [1.807, 2.05) is 12.1 Å². The van der Waals surface area contributed by atoms with Crippen LogP contribution < -0.4 is 10.1 Å². The van der Waals surface area contributed by atoms with Crippen molar-refractivity contribution in [3.05, 3.63) is 65.2 Å². The summed E-state index contributed by atoms with van der Waals surface area (Å²) in [6, 6.07) is 10.3. The van der Waals surface area contributed by atoms with Gasteiger partial charge in [0, 0.05) is 19.6 Å². The van der Waals surface area contributed by atoms with Gasteiger partial charge in [0.2, 0.25) is 11.8 Å². The molecular weight excluding hydrogens is 475 g/mol. The Hall–Kier alpha value is -3.56. The Bertz CT molecular complexity index is 1140. The van der Waals surface area contributed by atoms with Crippen LogP contribution in [0.25, 0.3) is 0 Å². The molecule has 2 aliphatic rings. The number of hydrogen-bond acceptors (Lipinski definition) is 4. The highest BCUT2D eigenvalue weighted by molar-refractivity contribution is 6.00. The molecule has 0 spiro atoms. The number of nitrogens with one attached hydrogen (secondary N) is 1. The first-order valence-corrected chi connectivity index (χ1v) is 11.9. The average molecular weight is 504 g/mol. The monoisotopic (exact) mass is 503 g/mol. The Kier molecular flexibility index (Phi) is 7.51. The summed E-state index contributed by atoms with van der Waals surface area (Å²) in [5.41, 5.74) is -0.655. The van der Waals surface area contributed by atoms with Gasteiger partial charge in [0.15, 0.2) is 0 Å². The number of carbonyl (C=O) groups excluding carboxylic acids is 3. The number of likely N-dealkylation sites (tertiary alicyclic amines) is 2. The molecule has 0 saturated carbocycles. The molecule has 0 aliphatic carbocycles. The van der Waals surface area contributed by atoms with Crippen LogP contribution in [-0.2, 0) is 22.3 Å². The number of carbonyl (C=O) groups is 3. The van der Waals surface area contributed by atoms with E-state index in [9.17, 15) is 27.6 Å². The van der Waals surface area contributed by atoms with Gasteiger partial charge in [0.25, 0.3) is 5.91 Å². The second-order valence-corrected chi connectivity index (χ2v) is 8.96. The van der Waals surface area contributed by atoms with Gasteiger partial charge in [-0.3, -0.25) is 14.4 Å². The third-order valence-electron chi connectivity index (χ3n) is 6.70. The summed E-state index contributed by atoms with van der Waals surface area (Å²) in [4.78, 5) is 42.2. The van der Waals surface area contributed by atoms with Crippen LogP contribution in [0.1, 0.15) is 47.2 Å². The zero-order valence-electron chi connectivity index (χ0n) is 19.9. The van der Waals surface area contributed by atoms with Gasteiger partial charge < -0.3 is 19.9 Å². The largest absolute Gasteiger partial charge is 0.497 e. The molecule has 3 amide bonds. The highest BCUT2D eigenvalue weighted by atomic mass is 19.4. The summed E-state index contributed by atoms with van der Waals surface area (Å²) in [5.74, 6) is -0.860. The number of nitrogens with zero attached hydrogens (tertiary/aromatic N) is 2. The van der Waals surface area contributed by atoms with E-state index in [0.717, 1.165) is 17.7 Å². The first-order chi connectivity index (χ1) is 17.2. The number of halogens is 3. The molecule has 36 heavy (non-hydrogen) atoms. The maximum Gasteiger partial charge on any atom is 0.417 e. The molecule has 4 rings (SSSR count). The molecule has 10 heteroatoms. The molecule has 1 N–H and O–H groups in total. The number of ether oxygens (including phenoxy) is 1. The quantitative estimate of drug-likeness (QED) is 0.653. The van der Waals surface area contributed by atoms with E-state index in [1.165, 1.54) is 21.9 Å². The van der Waals surface area contributed by atoms with Gasteiger partial charge in [-0.05, 0) is 55.5 Å². The molecule has 2 atom stereocenters. The molecule has 192 valence electrons. The molecule has 2 saturated heterocycles. The summed E-state index contributed by atoms with van der Waals surface area (Å²) in [6.45, 7) is 0.798. The minimum atomic E-state index is -4.69. The van der Waals surface area contributed by atoms with Gasteiger partial charge in [-0.2, -0.15) is 13.2 Å². The van der Waals surface area contributed by atoms with Crippen molar-refractivity contribution in [2.24, 2.45) is 0 Å². The maximum atomic E-state index is 13.5. The van der Waals surface area contributed by atoms with Crippen LogP contribution in [0.2, 0.25) is 0 Å². The molecule has 7 nitrogen and oxygen atoms in total. The lowest BCUT2D eigenvalue weighted by Crippen LogP contribution is -2.52. The van der Waals surface area contributed by atoms with Crippen LogP contribution in [0.3, 0.4) is 0 Å². The van der Waals surface area contributed by atoms with Crippen molar-refractivity contribution in [3.8, 4) is 5.75 Å². The molecular formula is C26H28F3N3O4. The third-order valence-corrected chi connectivity index (χ3v) is 6.70. The lowest BCUT2D eigenvalue weighted by atomic mass is 10.0. The van der Waals surface area contributed by atoms with Crippen molar-refractivity contribution in [1.29, 1.82) is 0 Å². The lowest BCUT2D eigenvalue weighted by molar-refractivity contribution is -0.141. The topological polar surface area (TPSA) is 79.0 Å². The van der Waals surface area contributed by atoms with Gasteiger partial charge >= 0.3 is 6.18 Å². The number of amides is 3. The van der Waals surface area contributed by atoms with Gasteiger partial charge in [-0.25, -0.2) is 0 Å². The highest BCUT2D eigenvalue weighted by Gasteiger charge is 2.44. The van der Waals surface area contributed by atoms with Crippen molar-refractivity contribution < 1.29 is 32.3 Å². The molecule has 0 bridgehead atoms. The normalized spacial score (nSPS) is 19.9. The van der Waals surface area contributed by atoms with Gasteiger partial charge in [0.1, 0.15) is 17.8 Å². The van der Waals surface area contributed by atoms with Crippen molar-refractivity contribution >= 4 is 17.7 Å². The number of benzene rings is 2.